The van der Waals surface area contributed by atoms with Crippen LogP contribution in [0.3, 0.4) is 0 Å². The number of ether oxygens (including phenoxy) is 1. The van der Waals surface area contributed by atoms with Crippen molar-refractivity contribution in [1.29, 1.82) is 0 Å². The van der Waals surface area contributed by atoms with Crippen LogP contribution in [0.5, 0.6) is 0 Å². The summed E-state index contributed by atoms with van der Waals surface area (Å²) >= 11 is 12.6. The van der Waals surface area contributed by atoms with Gasteiger partial charge in [0.05, 0.1) is 18.8 Å². The second kappa shape index (κ2) is 8.61. The Balaban J connectivity index is 1.93. The van der Waals surface area contributed by atoms with Crippen LogP contribution < -0.4 is 5.32 Å². The molecule has 0 aliphatic carbocycles. The number of aliphatic hydroxyl groups excluding tert-OH is 1. The predicted molar refractivity (Wildman–Crippen MR) is 107 cm³/mol. The molecule has 4 nitrogen and oxygen atoms in total. The van der Waals surface area contributed by atoms with Crippen LogP contribution >= 0.6 is 23.2 Å². The summed E-state index contributed by atoms with van der Waals surface area (Å²) in [4.78, 5) is 12.2. The van der Waals surface area contributed by atoms with Crippen molar-refractivity contribution < 1.29 is 14.6 Å². The van der Waals surface area contributed by atoms with Gasteiger partial charge in [0.25, 0.3) is 0 Å². The maximum Gasteiger partial charge on any atom is 0.222 e. The van der Waals surface area contributed by atoms with E-state index in [2.05, 4.69) is 5.32 Å². The molecule has 6 heteroatoms. The number of rotatable bonds is 5. The van der Waals surface area contributed by atoms with Gasteiger partial charge in [-0.1, -0.05) is 53.5 Å². The van der Waals surface area contributed by atoms with Crippen molar-refractivity contribution in [3.8, 4) is 0 Å². The van der Waals surface area contributed by atoms with E-state index in [9.17, 15) is 4.79 Å². The average Bonchev–Trinajstić information content (AvgIpc) is 2.61. The van der Waals surface area contributed by atoms with Crippen LogP contribution in [-0.2, 0) is 9.53 Å². The quantitative estimate of drug-likeness (QED) is 0.744. The molecule has 1 amide bonds. The van der Waals surface area contributed by atoms with Gasteiger partial charge in [-0.15, -0.1) is 0 Å². The van der Waals surface area contributed by atoms with Crippen LogP contribution in [0.1, 0.15) is 49.5 Å². The zero-order valence-corrected chi connectivity index (χ0v) is 16.6. The summed E-state index contributed by atoms with van der Waals surface area (Å²) in [6, 6.07) is 15.2. The van der Waals surface area contributed by atoms with Crippen molar-refractivity contribution in [2.75, 3.05) is 6.61 Å². The molecule has 2 aromatic rings. The highest BCUT2D eigenvalue weighted by atomic mass is 35.5. The third-order valence-corrected chi connectivity index (χ3v) is 5.43. The Kier molecular flexibility index (Phi) is 6.43. The molecule has 144 valence electrons. The van der Waals surface area contributed by atoms with Crippen molar-refractivity contribution in [3.63, 3.8) is 0 Å². The summed E-state index contributed by atoms with van der Waals surface area (Å²) < 4.78 is 6.39. The van der Waals surface area contributed by atoms with Crippen molar-refractivity contribution in [1.82, 2.24) is 5.32 Å². The fraction of sp³-hybridized carbons (Fsp3) is 0.381. The number of hydrogen-bond acceptors (Lipinski definition) is 3. The molecule has 0 bridgehead atoms. The Morgan fingerprint density at radius 3 is 2.63 bits per heavy atom. The van der Waals surface area contributed by atoms with Gasteiger partial charge in [-0.05, 0) is 36.2 Å². The minimum absolute atomic E-state index is 0.0784. The molecule has 0 saturated carbocycles. The number of carbonyl (C=O) groups is 1. The zero-order chi connectivity index (χ0) is 19.4. The summed E-state index contributed by atoms with van der Waals surface area (Å²) in [5.41, 5.74) is 1.36. The molecule has 27 heavy (non-hydrogen) atoms. The van der Waals surface area contributed by atoms with E-state index in [1.54, 1.807) is 0 Å². The first-order chi connectivity index (χ1) is 12.9. The second-order valence-electron chi connectivity index (χ2n) is 7.18. The average molecular weight is 408 g/mol. The fourth-order valence-electron chi connectivity index (χ4n) is 3.62. The summed E-state index contributed by atoms with van der Waals surface area (Å²) in [6.07, 6.45) is 0.764. The topological polar surface area (TPSA) is 58.6 Å². The molecule has 0 unspecified atom stereocenters. The Morgan fingerprint density at radius 2 is 1.93 bits per heavy atom. The van der Waals surface area contributed by atoms with Gasteiger partial charge in [0.1, 0.15) is 0 Å². The molecule has 1 fully saturated rings. The summed E-state index contributed by atoms with van der Waals surface area (Å²) in [5, 5.41) is 13.4. The highest BCUT2D eigenvalue weighted by Gasteiger charge is 2.40. The van der Waals surface area contributed by atoms with Gasteiger partial charge in [0, 0.05) is 34.8 Å². The molecule has 1 saturated heterocycles. The predicted octanol–water partition coefficient (Wildman–Crippen LogP) is 4.84. The zero-order valence-electron chi connectivity index (χ0n) is 15.1. The van der Waals surface area contributed by atoms with E-state index >= 15 is 0 Å². The Hall–Kier alpha value is -1.59. The molecule has 3 rings (SSSR count). The van der Waals surface area contributed by atoms with Gasteiger partial charge in [-0.2, -0.15) is 0 Å². The largest absolute Gasteiger partial charge is 0.396 e. The molecule has 0 aromatic heterocycles. The number of carbonyl (C=O) groups excluding carboxylic acids is 1. The van der Waals surface area contributed by atoms with Gasteiger partial charge in [-0.25, -0.2) is 0 Å². The minimum Gasteiger partial charge on any atom is -0.396 e. The van der Waals surface area contributed by atoms with E-state index in [1.807, 2.05) is 55.5 Å². The highest BCUT2D eigenvalue weighted by Crippen LogP contribution is 2.45. The lowest BCUT2D eigenvalue weighted by molar-refractivity contribution is -0.129. The molecule has 1 aliphatic heterocycles. The van der Waals surface area contributed by atoms with Crippen molar-refractivity contribution in [2.24, 2.45) is 0 Å². The Labute approximate surface area is 169 Å². The maximum absolute atomic E-state index is 12.2. The SMILES string of the molecule is C[C@]1(NC(=O)CCO)C[C@@H](c2cccc(Cl)c2)O[C@@H](c2ccccc2Cl)C1. The molecular formula is C21H23Cl2NO3. The molecule has 0 spiro atoms. The van der Waals surface area contributed by atoms with Crippen LogP contribution in [-0.4, -0.2) is 23.2 Å². The smallest absolute Gasteiger partial charge is 0.222 e. The van der Waals surface area contributed by atoms with Crippen molar-refractivity contribution in [3.05, 3.63) is 69.7 Å². The molecule has 3 atom stereocenters. The van der Waals surface area contributed by atoms with Gasteiger partial charge in [0.2, 0.25) is 5.91 Å². The normalized spacial score (nSPS) is 25.2. The number of amides is 1. The van der Waals surface area contributed by atoms with Crippen LogP contribution in [0.15, 0.2) is 48.5 Å². The molecule has 0 radical (unpaired) electrons. The third kappa shape index (κ3) is 5.02. The van der Waals surface area contributed by atoms with Crippen LogP contribution in [0.2, 0.25) is 10.0 Å². The van der Waals surface area contributed by atoms with E-state index in [4.69, 9.17) is 33.0 Å². The summed E-state index contributed by atoms with van der Waals surface area (Å²) in [7, 11) is 0. The minimum atomic E-state index is -0.499. The molecule has 1 heterocycles. The standard InChI is InChI=1S/C21H23Cl2NO3/c1-21(24-20(26)9-10-25)12-18(14-5-4-6-15(22)11-14)27-19(13-21)16-7-2-3-8-17(16)23/h2-8,11,18-19,25H,9-10,12-13H2,1H3,(H,24,26)/t18-,19+,21-/m0/s1. The van der Waals surface area contributed by atoms with Gasteiger partial charge >= 0.3 is 0 Å². The van der Waals surface area contributed by atoms with Gasteiger partial charge in [-0.3, -0.25) is 4.79 Å². The molecule has 2 N–H and O–H groups in total. The second-order valence-corrected chi connectivity index (χ2v) is 8.02. The van der Waals surface area contributed by atoms with E-state index in [-0.39, 0.29) is 31.1 Å². The number of benzene rings is 2. The first kappa shape index (κ1) is 20.2. The molecule has 1 aliphatic rings. The lowest BCUT2D eigenvalue weighted by atomic mass is 9.81. The van der Waals surface area contributed by atoms with E-state index in [0.717, 1.165) is 11.1 Å². The Bertz CT molecular complexity index is 814. The first-order valence-corrected chi connectivity index (χ1v) is 9.73. The van der Waals surface area contributed by atoms with E-state index in [0.29, 0.717) is 22.9 Å². The highest BCUT2D eigenvalue weighted by molar-refractivity contribution is 6.31. The fourth-order valence-corrected chi connectivity index (χ4v) is 4.08. The van der Waals surface area contributed by atoms with Crippen molar-refractivity contribution >= 4 is 29.1 Å². The number of hydrogen-bond donors (Lipinski definition) is 2. The third-order valence-electron chi connectivity index (χ3n) is 4.85. The van der Waals surface area contributed by atoms with Crippen LogP contribution in [0, 0.1) is 0 Å². The maximum atomic E-state index is 12.2. The van der Waals surface area contributed by atoms with E-state index < -0.39 is 5.54 Å². The van der Waals surface area contributed by atoms with Crippen LogP contribution in [0.25, 0.3) is 0 Å². The monoisotopic (exact) mass is 407 g/mol. The molecular weight excluding hydrogens is 385 g/mol. The first-order valence-electron chi connectivity index (χ1n) is 8.97. The molecule has 2 aromatic carbocycles. The van der Waals surface area contributed by atoms with E-state index in [1.165, 1.54) is 0 Å². The van der Waals surface area contributed by atoms with Gasteiger partial charge in [0.15, 0.2) is 0 Å². The Morgan fingerprint density at radius 1 is 1.19 bits per heavy atom. The number of aliphatic hydroxyl groups is 1. The lowest BCUT2D eigenvalue weighted by Crippen LogP contribution is -2.51. The lowest BCUT2D eigenvalue weighted by Gasteiger charge is -2.43. The summed E-state index contributed by atoms with van der Waals surface area (Å²) in [5.74, 6) is -0.176. The van der Waals surface area contributed by atoms with Crippen molar-refractivity contribution in [2.45, 2.75) is 43.9 Å². The van der Waals surface area contributed by atoms with Crippen LogP contribution in [0.4, 0.5) is 0 Å². The summed E-state index contributed by atoms with van der Waals surface area (Å²) in [6.45, 7) is 1.83. The number of halogens is 2. The number of nitrogens with one attached hydrogen (secondary N) is 1. The van der Waals surface area contributed by atoms with Gasteiger partial charge < -0.3 is 15.2 Å².